The van der Waals surface area contributed by atoms with Crippen molar-refractivity contribution in [2.75, 3.05) is 20.2 Å². The van der Waals surface area contributed by atoms with Crippen molar-refractivity contribution in [2.24, 2.45) is 0 Å². The summed E-state index contributed by atoms with van der Waals surface area (Å²) in [6.45, 7) is 1.61. The lowest BCUT2D eigenvalue weighted by Crippen LogP contribution is -2.48. The van der Waals surface area contributed by atoms with Crippen molar-refractivity contribution in [1.82, 2.24) is 10.2 Å². The largest absolute Gasteiger partial charge is 0.480 e. The summed E-state index contributed by atoms with van der Waals surface area (Å²) in [6.07, 6.45) is 0.362. The van der Waals surface area contributed by atoms with Crippen molar-refractivity contribution in [2.45, 2.75) is 31.7 Å². The molecule has 0 fully saturated rings. The molecule has 0 aromatic heterocycles. The zero-order chi connectivity index (χ0) is 21.7. The normalized spacial score (nSPS) is 13.1. The number of hydrogen-bond donors (Lipinski definition) is 2. The number of rotatable bonds is 8. The Balaban J connectivity index is 1.66. The number of likely N-dealkylation sites (N-methyl/N-ethyl adjacent to an activating group) is 1. The lowest BCUT2D eigenvalue weighted by atomic mass is 9.98. The van der Waals surface area contributed by atoms with E-state index in [9.17, 15) is 14.4 Å². The lowest BCUT2D eigenvalue weighted by Gasteiger charge is -2.23. The Bertz CT molecular complexity index is 897. The maximum absolute atomic E-state index is 12.5. The number of nitrogens with one attached hydrogen (secondary N) is 1. The fourth-order valence-corrected chi connectivity index (χ4v) is 3.88. The molecule has 1 atom stereocenters. The SMILES string of the molecule is CCCC(NC(=O)OCC1c2ccccc2-c2ccccc21)C(=O)N(C)CC(=O)O. The third-order valence-electron chi connectivity index (χ3n) is 5.26. The fraction of sp³-hybridized carbons (Fsp3) is 0.348. The second kappa shape index (κ2) is 9.43. The summed E-state index contributed by atoms with van der Waals surface area (Å²) >= 11 is 0. The molecule has 1 aliphatic rings. The van der Waals surface area contributed by atoms with Gasteiger partial charge in [-0.2, -0.15) is 0 Å². The summed E-state index contributed by atoms with van der Waals surface area (Å²) in [5.41, 5.74) is 4.48. The molecule has 7 nitrogen and oxygen atoms in total. The molecule has 2 aromatic rings. The Labute approximate surface area is 175 Å². The quantitative estimate of drug-likeness (QED) is 0.697. The molecular formula is C23H26N2O5. The van der Waals surface area contributed by atoms with E-state index in [0.29, 0.717) is 12.8 Å². The topological polar surface area (TPSA) is 95.9 Å². The van der Waals surface area contributed by atoms with Crippen molar-refractivity contribution in [1.29, 1.82) is 0 Å². The molecule has 0 spiro atoms. The molecule has 0 bridgehead atoms. The molecule has 2 amide bonds. The van der Waals surface area contributed by atoms with Crippen LogP contribution in [0.2, 0.25) is 0 Å². The Hall–Kier alpha value is -3.35. The maximum atomic E-state index is 12.5. The van der Waals surface area contributed by atoms with Crippen LogP contribution in [-0.2, 0) is 14.3 Å². The van der Waals surface area contributed by atoms with E-state index in [1.54, 1.807) is 0 Å². The number of benzene rings is 2. The molecule has 2 N–H and O–H groups in total. The highest BCUT2D eigenvalue weighted by atomic mass is 16.5. The third kappa shape index (κ3) is 4.62. The van der Waals surface area contributed by atoms with E-state index in [0.717, 1.165) is 27.2 Å². The van der Waals surface area contributed by atoms with Crippen LogP contribution in [-0.4, -0.2) is 54.2 Å². The molecule has 3 rings (SSSR count). The van der Waals surface area contributed by atoms with Crippen LogP contribution in [0.5, 0.6) is 0 Å². The van der Waals surface area contributed by atoms with Gasteiger partial charge in [0.05, 0.1) is 0 Å². The molecule has 0 saturated carbocycles. The van der Waals surface area contributed by atoms with Crippen molar-refractivity contribution >= 4 is 18.0 Å². The first-order valence-electron chi connectivity index (χ1n) is 10.0. The minimum absolute atomic E-state index is 0.0711. The van der Waals surface area contributed by atoms with Crippen LogP contribution < -0.4 is 5.32 Å². The number of nitrogens with zero attached hydrogens (tertiary/aromatic N) is 1. The Morgan fingerprint density at radius 2 is 1.63 bits per heavy atom. The van der Waals surface area contributed by atoms with E-state index in [1.165, 1.54) is 7.05 Å². The van der Waals surface area contributed by atoms with Crippen LogP contribution in [0.1, 0.15) is 36.8 Å². The van der Waals surface area contributed by atoms with Gasteiger partial charge >= 0.3 is 12.1 Å². The molecule has 7 heteroatoms. The fourth-order valence-electron chi connectivity index (χ4n) is 3.88. The average molecular weight is 410 g/mol. The molecule has 0 heterocycles. The Kier molecular flexibility index (Phi) is 6.72. The predicted molar refractivity (Wildman–Crippen MR) is 112 cm³/mol. The molecule has 1 unspecified atom stereocenters. The van der Waals surface area contributed by atoms with E-state index < -0.39 is 30.6 Å². The summed E-state index contributed by atoms with van der Waals surface area (Å²) in [6, 6.07) is 15.3. The van der Waals surface area contributed by atoms with Crippen LogP contribution in [0.15, 0.2) is 48.5 Å². The van der Waals surface area contributed by atoms with E-state index in [2.05, 4.69) is 17.4 Å². The van der Waals surface area contributed by atoms with Crippen molar-refractivity contribution in [3.05, 3.63) is 59.7 Å². The summed E-state index contributed by atoms with van der Waals surface area (Å²) < 4.78 is 5.49. The number of carbonyl (C=O) groups is 3. The van der Waals surface area contributed by atoms with Gasteiger partial charge in [-0.15, -0.1) is 0 Å². The molecule has 30 heavy (non-hydrogen) atoms. The van der Waals surface area contributed by atoms with Gasteiger partial charge in [-0.05, 0) is 28.7 Å². The van der Waals surface area contributed by atoms with Crippen LogP contribution in [0.25, 0.3) is 11.1 Å². The van der Waals surface area contributed by atoms with E-state index >= 15 is 0 Å². The van der Waals surface area contributed by atoms with Gasteiger partial charge in [-0.1, -0.05) is 61.9 Å². The molecular weight excluding hydrogens is 384 g/mol. The van der Waals surface area contributed by atoms with E-state index in [-0.39, 0.29) is 12.5 Å². The molecule has 0 radical (unpaired) electrons. The zero-order valence-electron chi connectivity index (χ0n) is 17.1. The number of amides is 2. The van der Waals surface area contributed by atoms with Gasteiger partial charge in [0, 0.05) is 13.0 Å². The van der Waals surface area contributed by atoms with Gasteiger partial charge in [0.2, 0.25) is 5.91 Å². The van der Waals surface area contributed by atoms with Crippen LogP contribution >= 0.6 is 0 Å². The minimum atomic E-state index is -1.11. The van der Waals surface area contributed by atoms with Crippen LogP contribution in [0, 0.1) is 0 Å². The number of ether oxygens (including phenoxy) is 1. The number of hydrogen-bond acceptors (Lipinski definition) is 4. The minimum Gasteiger partial charge on any atom is -0.480 e. The highest BCUT2D eigenvalue weighted by molar-refractivity contribution is 5.88. The van der Waals surface area contributed by atoms with Crippen LogP contribution in [0.3, 0.4) is 0 Å². The summed E-state index contributed by atoms with van der Waals surface area (Å²) in [4.78, 5) is 36.9. The van der Waals surface area contributed by atoms with Crippen LogP contribution in [0.4, 0.5) is 4.79 Å². The highest BCUT2D eigenvalue weighted by Crippen LogP contribution is 2.44. The number of carboxylic acid groups (broad SMARTS) is 1. The van der Waals surface area contributed by atoms with Crippen molar-refractivity contribution < 1.29 is 24.2 Å². The summed E-state index contributed by atoms with van der Waals surface area (Å²) in [5.74, 6) is -1.63. The van der Waals surface area contributed by atoms with Crippen molar-refractivity contribution in [3.8, 4) is 11.1 Å². The summed E-state index contributed by atoms with van der Waals surface area (Å²) in [7, 11) is 1.40. The Morgan fingerprint density at radius 1 is 1.07 bits per heavy atom. The maximum Gasteiger partial charge on any atom is 0.407 e. The number of carboxylic acids is 1. The third-order valence-corrected chi connectivity index (χ3v) is 5.26. The molecule has 158 valence electrons. The molecule has 0 aliphatic heterocycles. The van der Waals surface area contributed by atoms with Gasteiger partial charge < -0.3 is 20.1 Å². The second-order valence-electron chi connectivity index (χ2n) is 7.40. The van der Waals surface area contributed by atoms with Crippen molar-refractivity contribution in [3.63, 3.8) is 0 Å². The van der Waals surface area contributed by atoms with Gasteiger partial charge in [0.15, 0.2) is 0 Å². The number of aliphatic carboxylic acids is 1. The van der Waals surface area contributed by atoms with Gasteiger partial charge in [0.25, 0.3) is 0 Å². The first-order chi connectivity index (χ1) is 14.4. The first-order valence-corrected chi connectivity index (χ1v) is 10.0. The molecule has 1 aliphatic carbocycles. The Morgan fingerprint density at radius 3 is 2.17 bits per heavy atom. The smallest absolute Gasteiger partial charge is 0.407 e. The number of carbonyl (C=O) groups excluding carboxylic acids is 2. The number of alkyl carbamates (subject to hydrolysis) is 1. The van der Waals surface area contributed by atoms with Gasteiger partial charge in [-0.25, -0.2) is 4.79 Å². The second-order valence-corrected chi connectivity index (χ2v) is 7.40. The van der Waals surface area contributed by atoms with Gasteiger partial charge in [0.1, 0.15) is 19.2 Å². The lowest BCUT2D eigenvalue weighted by molar-refractivity contribution is -0.144. The monoisotopic (exact) mass is 410 g/mol. The summed E-state index contributed by atoms with van der Waals surface area (Å²) in [5, 5.41) is 11.5. The van der Waals surface area contributed by atoms with Gasteiger partial charge in [-0.3, -0.25) is 9.59 Å². The predicted octanol–water partition coefficient (Wildman–Crippen LogP) is 3.24. The zero-order valence-corrected chi connectivity index (χ0v) is 17.1. The van der Waals surface area contributed by atoms with E-state index in [1.807, 2.05) is 43.3 Å². The first kappa shape index (κ1) is 21.4. The average Bonchev–Trinajstić information content (AvgIpc) is 3.05. The standard InChI is InChI=1S/C23H26N2O5/c1-3-8-20(22(28)25(2)13-21(26)27)24-23(29)30-14-19-17-11-6-4-9-15(17)16-10-5-7-12-18(16)19/h4-7,9-12,19-20H,3,8,13-14H2,1-2H3,(H,24,29)(H,26,27). The number of fused-ring (bicyclic) bond motifs is 3. The molecule has 2 aromatic carbocycles. The highest BCUT2D eigenvalue weighted by Gasteiger charge is 2.30. The van der Waals surface area contributed by atoms with E-state index in [4.69, 9.17) is 9.84 Å². The molecule has 0 saturated heterocycles.